The molecule has 2 aromatic rings. The van der Waals surface area contributed by atoms with E-state index in [9.17, 15) is 9.18 Å². The lowest BCUT2D eigenvalue weighted by molar-refractivity contribution is 0.0429. The third-order valence-corrected chi connectivity index (χ3v) is 3.26. The highest BCUT2D eigenvalue weighted by Gasteiger charge is 2.13. The maximum Gasteiger partial charge on any atom is 0.374 e. The number of ether oxygens (including phenoxy) is 2. The van der Waals surface area contributed by atoms with Crippen molar-refractivity contribution in [3.05, 3.63) is 57.7 Å². The van der Waals surface area contributed by atoms with E-state index in [1.165, 1.54) is 25.3 Å². The van der Waals surface area contributed by atoms with Crippen molar-refractivity contribution in [3.8, 4) is 0 Å². The summed E-state index contributed by atoms with van der Waals surface area (Å²) in [7, 11) is 1.53. The van der Waals surface area contributed by atoms with Crippen LogP contribution in [-0.2, 0) is 22.7 Å². The summed E-state index contributed by atoms with van der Waals surface area (Å²) >= 11 is 3.21. The molecule has 0 fully saturated rings. The number of hydrogen-bond donors (Lipinski definition) is 0. The SMILES string of the molecule is COCc1ccc(C(=O)OCc2ccc(F)cc2Br)o1. The molecular formula is C14H12BrFO4. The Hall–Kier alpha value is -1.66. The van der Waals surface area contributed by atoms with Crippen LogP contribution in [0.4, 0.5) is 4.39 Å². The molecule has 1 heterocycles. The van der Waals surface area contributed by atoms with Crippen LogP contribution in [0, 0.1) is 5.82 Å². The average molecular weight is 343 g/mol. The van der Waals surface area contributed by atoms with Gasteiger partial charge in [-0.05, 0) is 24.3 Å². The Kier molecular flexibility index (Phi) is 4.92. The Labute approximate surface area is 123 Å². The molecule has 0 spiro atoms. The van der Waals surface area contributed by atoms with Crippen molar-refractivity contribution < 1.29 is 23.1 Å². The first-order chi connectivity index (χ1) is 9.60. The lowest BCUT2D eigenvalue weighted by Crippen LogP contribution is -2.04. The summed E-state index contributed by atoms with van der Waals surface area (Å²) < 4.78 is 28.7. The maximum atomic E-state index is 12.9. The van der Waals surface area contributed by atoms with E-state index in [0.29, 0.717) is 15.8 Å². The van der Waals surface area contributed by atoms with Crippen molar-refractivity contribution in [2.75, 3.05) is 7.11 Å². The molecule has 0 atom stereocenters. The van der Waals surface area contributed by atoms with E-state index >= 15 is 0 Å². The summed E-state index contributed by atoms with van der Waals surface area (Å²) in [5.74, 6) is -0.288. The highest BCUT2D eigenvalue weighted by atomic mass is 79.9. The highest BCUT2D eigenvalue weighted by Crippen LogP contribution is 2.19. The first kappa shape index (κ1) is 14.7. The van der Waals surface area contributed by atoms with Crippen LogP contribution < -0.4 is 0 Å². The van der Waals surface area contributed by atoms with E-state index in [4.69, 9.17) is 13.9 Å². The van der Waals surface area contributed by atoms with Crippen molar-refractivity contribution in [1.29, 1.82) is 0 Å². The molecule has 0 aliphatic heterocycles. The van der Waals surface area contributed by atoms with Gasteiger partial charge in [-0.25, -0.2) is 9.18 Å². The van der Waals surface area contributed by atoms with Gasteiger partial charge in [-0.1, -0.05) is 22.0 Å². The van der Waals surface area contributed by atoms with Gasteiger partial charge in [0.15, 0.2) is 0 Å². The van der Waals surface area contributed by atoms with E-state index in [1.807, 2.05) is 0 Å². The van der Waals surface area contributed by atoms with Crippen LogP contribution in [0.3, 0.4) is 0 Å². The summed E-state index contributed by atoms with van der Waals surface area (Å²) in [6.07, 6.45) is 0. The summed E-state index contributed by atoms with van der Waals surface area (Å²) in [5, 5.41) is 0. The summed E-state index contributed by atoms with van der Waals surface area (Å²) in [6.45, 7) is 0.316. The number of rotatable bonds is 5. The molecule has 0 N–H and O–H groups in total. The smallest absolute Gasteiger partial charge is 0.374 e. The van der Waals surface area contributed by atoms with Crippen LogP contribution in [0.5, 0.6) is 0 Å². The van der Waals surface area contributed by atoms with Gasteiger partial charge >= 0.3 is 5.97 Å². The molecule has 106 valence electrons. The van der Waals surface area contributed by atoms with Gasteiger partial charge in [0.25, 0.3) is 0 Å². The van der Waals surface area contributed by atoms with E-state index in [-0.39, 0.29) is 24.8 Å². The fraction of sp³-hybridized carbons (Fsp3) is 0.214. The van der Waals surface area contributed by atoms with Gasteiger partial charge in [-0.3, -0.25) is 0 Å². The number of benzene rings is 1. The van der Waals surface area contributed by atoms with Crippen LogP contribution >= 0.6 is 15.9 Å². The third-order valence-electron chi connectivity index (χ3n) is 2.52. The normalized spacial score (nSPS) is 10.6. The van der Waals surface area contributed by atoms with Gasteiger partial charge in [0.1, 0.15) is 24.8 Å². The summed E-state index contributed by atoms with van der Waals surface area (Å²) in [4.78, 5) is 11.8. The lowest BCUT2D eigenvalue weighted by atomic mass is 10.2. The second kappa shape index (κ2) is 6.67. The van der Waals surface area contributed by atoms with Crippen LogP contribution in [0.15, 0.2) is 39.2 Å². The van der Waals surface area contributed by atoms with Gasteiger partial charge in [0.05, 0.1) is 0 Å². The van der Waals surface area contributed by atoms with Crippen LogP contribution in [-0.4, -0.2) is 13.1 Å². The molecule has 1 aromatic heterocycles. The quantitative estimate of drug-likeness (QED) is 0.777. The Morgan fingerprint density at radius 3 is 2.80 bits per heavy atom. The Balaban J connectivity index is 1.97. The molecule has 0 radical (unpaired) electrons. The first-order valence-electron chi connectivity index (χ1n) is 5.79. The van der Waals surface area contributed by atoms with Crippen molar-refractivity contribution in [2.45, 2.75) is 13.2 Å². The molecule has 0 amide bonds. The van der Waals surface area contributed by atoms with Gasteiger partial charge in [-0.2, -0.15) is 0 Å². The highest BCUT2D eigenvalue weighted by molar-refractivity contribution is 9.10. The topological polar surface area (TPSA) is 48.7 Å². The Morgan fingerprint density at radius 2 is 2.10 bits per heavy atom. The van der Waals surface area contributed by atoms with Crippen LogP contribution in [0.2, 0.25) is 0 Å². The molecule has 0 unspecified atom stereocenters. The molecule has 0 saturated carbocycles. The van der Waals surface area contributed by atoms with Crippen molar-refractivity contribution >= 4 is 21.9 Å². The van der Waals surface area contributed by atoms with E-state index in [1.54, 1.807) is 12.1 Å². The van der Waals surface area contributed by atoms with Gasteiger partial charge < -0.3 is 13.9 Å². The predicted octanol–water partition coefficient (Wildman–Crippen LogP) is 3.68. The number of carbonyl (C=O) groups is 1. The first-order valence-corrected chi connectivity index (χ1v) is 6.58. The predicted molar refractivity (Wildman–Crippen MR) is 72.6 cm³/mol. The molecule has 0 aliphatic carbocycles. The Morgan fingerprint density at radius 1 is 1.30 bits per heavy atom. The number of halogens is 2. The minimum Gasteiger partial charge on any atom is -0.455 e. The minimum atomic E-state index is -0.580. The second-order valence-electron chi connectivity index (χ2n) is 4.01. The standard InChI is InChI=1S/C14H12BrFO4/c1-18-8-11-4-5-13(20-11)14(17)19-7-9-2-3-10(16)6-12(9)15/h2-6H,7-8H2,1H3. The number of carbonyl (C=O) groups excluding carboxylic acids is 1. The molecule has 0 aliphatic rings. The van der Waals surface area contributed by atoms with Crippen molar-refractivity contribution in [1.82, 2.24) is 0 Å². The van der Waals surface area contributed by atoms with Crippen molar-refractivity contribution in [3.63, 3.8) is 0 Å². The lowest BCUT2D eigenvalue weighted by Gasteiger charge is -2.05. The third kappa shape index (κ3) is 3.68. The molecular weight excluding hydrogens is 331 g/mol. The zero-order chi connectivity index (χ0) is 14.5. The van der Waals surface area contributed by atoms with E-state index < -0.39 is 5.97 Å². The molecule has 0 bridgehead atoms. The fourth-order valence-corrected chi connectivity index (χ4v) is 2.03. The molecule has 4 nitrogen and oxygen atoms in total. The average Bonchev–Trinajstić information content (AvgIpc) is 2.86. The number of furan rings is 1. The zero-order valence-electron chi connectivity index (χ0n) is 10.7. The second-order valence-corrected chi connectivity index (χ2v) is 4.87. The summed E-state index contributed by atoms with van der Waals surface area (Å²) in [5.41, 5.74) is 0.670. The number of methoxy groups -OCH3 is 1. The largest absolute Gasteiger partial charge is 0.455 e. The molecule has 1 aromatic carbocycles. The van der Waals surface area contributed by atoms with Crippen LogP contribution in [0.1, 0.15) is 21.9 Å². The maximum absolute atomic E-state index is 12.9. The monoisotopic (exact) mass is 342 g/mol. The van der Waals surface area contributed by atoms with Crippen LogP contribution in [0.25, 0.3) is 0 Å². The summed E-state index contributed by atoms with van der Waals surface area (Å²) in [6, 6.07) is 7.33. The molecule has 20 heavy (non-hydrogen) atoms. The molecule has 6 heteroatoms. The van der Waals surface area contributed by atoms with Gasteiger partial charge in [-0.15, -0.1) is 0 Å². The number of esters is 1. The van der Waals surface area contributed by atoms with Gasteiger partial charge in [0, 0.05) is 17.1 Å². The van der Waals surface area contributed by atoms with Crippen molar-refractivity contribution in [2.24, 2.45) is 0 Å². The van der Waals surface area contributed by atoms with E-state index in [0.717, 1.165) is 0 Å². The Bertz CT molecular complexity index is 609. The molecule has 0 saturated heterocycles. The van der Waals surface area contributed by atoms with E-state index in [2.05, 4.69) is 15.9 Å². The fourth-order valence-electron chi connectivity index (χ4n) is 1.56. The molecule has 2 rings (SSSR count). The zero-order valence-corrected chi connectivity index (χ0v) is 12.3. The number of hydrogen-bond acceptors (Lipinski definition) is 4. The minimum absolute atomic E-state index is 0.0278. The van der Waals surface area contributed by atoms with Gasteiger partial charge in [0.2, 0.25) is 5.76 Å².